The zero-order chi connectivity index (χ0) is 24.3. The summed E-state index contributed by atoms with van der Waals surface area (Å²) in [6.45, 7) is 11.2. The summed E-state index contributed by atoms with van der Waals surface area (Å²) in [6.07, 6.45) is 1.30. The number of sulfone groups is 1. The lowest BCUT2D eigenvalue weighted by Crippen LogP contribution is -2.43. The van der Waals surface area contributed by atoms with E-state index in [2.05, 4.69) is 43.7 Å². The first-order chi connectivity index (χ1) is 15.4. The van der Waals surface area contributed by atoms with Crippen LogP contribution in [0.1, 0.15) is 32.8 Å². The molecule has 178 valence electrons. The molecule has 0 amide bonds. The van der Waals surface area contributed by atoms with Gasteiger partial charge in [-0.3, -0.25) is 4.63 Å². The molecule has 33 heavy (non-hydrogen) atoms. The number of hydrogen-bond donors (Lipinski definition) is 0. The average molecular weight is 491 g/mol. The second-order valence-corrected chi connectivity index (χ2v) is 15.9. The minimum atomic E-state index is -4.12. The van der Waals surface area contributed by atoms with E-state index in [9.17, 15) is 13.6 Å². The van der Waals surface area contributed by atoms with Gasteiger partial charge in [0, 0.05) is 0 Å². The van der Waals surface area contributed by atoms with Gasteiger partial charge in [-0.05, 0) is 65.7 Å². The lowest BCUT2D eigenvalue weighted by atomic mass is 10.1. The van der Waals surface area contributed by atoms with E-state index in [1.807, 2.05) is 24.3 Å². The number of aryl methyl sites for hydroxylation is 1. The Labute approximate surface area is 195 Å². The van der Waals surface area contributed by atoms with Crippen LogP contribution in [0.15, 0.2) is 69.1 Å². The molecule has 0 spiro atoms. The van der Waals surface area contributed by atoms with Gasteiger partial charge in [-0.2, -0.15) is 0 Å². The first-order valence-corrected chi connectivity index (χ1v) is 15.1. The Morgan fingerprint density at radius 3 is 2.30 bits per heavy atom. The fourth-order valence-corrected chi connectivity index (χ4v) is 5.18. The maximum Gasteiger partial charge on any atom is 0.414 e. The summed E-state index contributed by atoms with van der Waals surface area (Å²) in [4.78, 5) is -0.179. The molecule has 3 aromatic rings. The van der Waals surface area contributed by atoms with Crippen LogP contribution in [0.25, 0.3) is 0 Å². The fourth-order valence-electron chi connectivity index (χ4n) is 2.86. The predicted octanol–water partition coefficient (Wildman–Crippen LogP) is 4.54. The number of rotatable bonds is 9. The Balaban J connectivity index is 1.58. The highest BCUT2D eigenvalue weighted by atomic mass is 32.2. The standard InChI is InChI=1S/C23H30N2O6SSi/c1-23(2,3)33(4,5)30-19-15-13-18(14-16-19)10-9-17-29-21-22(25(26)31-24-21)32(27,28)20-11-7-6-8-12-20/h6-8,11-16H,9-10,17H2,1-5H3. The minimum absolute atomic E-state index is 0.0392. The van der Waals surface area contributed by atoms with Gasteiger partial charge in [0.25, 0.3) is 9.84 Å². The van der Waals surface area contributed by atoms with Crippen LogP contribution >= 0.6 is 0 Å². The average Bonchev–Trinajstić information content (AvgIpc) is 3.13. The molecule has 0 aliphatic rings. The molecule has 0 radical (unpaired) electrons. The molecule has 0 fully saturated rings. The molecule has 0 unspecified atom stereocenters. The van der Waals surface area contributed by atoms with E-state index >= 15 is 0 Å². The van der Waals surface area contributed by atoms with Crippen LogP contribution in [0.2, 0.25) is 18.1 Å². The van der Waals surface area contributed by atoms with E-state index in [4.69, 9.17) is 9.16 Å². The summed E-state index contributed by atoms with van der Waals surface area (Å²) in [6, 6.07) is 15.6. The zero-order valence-corrected chi connectivity index (χ0v) is 21.4. The fraction of sp³-hybridized carbons (Fsp3) is 0.391. The number of benzene rings is 2. The Hall–Kier alpha value is -2.85. The van der Waals surface area contributed by atoms with Gasteiger partial charge in [0.15, 0.2) is 0 Å². The SMILES string of the molecule is CC(C)(C)[Si](C)(C)Oc1ccc(CCCOc2no[n+]([O-])c2S(=O)(=O)c2ccccc2)cc1. The molecule has 1 heterocycles. The molecular weight excluding hydrogens is 460 g/mol. The van der Waals surface area contributed by atoms with Crippen molar-refractivity contribution in [2.45, 2.75) is 61.7 Å². The summed E-state index contributed by atoms with van der Waals surface area (Å²) in [5.74, 6) is 0.520. The molecule has 0 bridgehead atoms. The predicted molar refractivity (Wildman–Crippen MR) is 125 cm³/mol. The largest absolute Gasteiger partial charge is 0.544 e. The second-order valence-electron chi connectivity index (χ2n) is 9.32. The van der Waals surface area contributed by atoms with E-state index in [0.717, 1.165) is 11.3 Å². The lowest BCUT2D eigenvalue weighted by Gasteiger charge is -2.36. The summed E-state index contributed by atoms with van der Waals surface area (Å²) in [7, 11) is -6.01. The van der Waals surface area contributed by atoms with Crippen LogP contribution in [0.3, 0.4) is 0 Å². The van der Waals surface area contributed by atoms with E-state index in [1.165, 1.54) is 12.1 Å². The molecule has 0 saturated heterocycles. The molecule has 0 N–H and O–H groups in total. The van der Waals surface area contributed by atoms with Gasteiger partial charge in [0.2, 0.25) is 8.32 Å². The van der Waals surface area contributed by atoms with E-state index in [1.54, 1.807) is 18.2 Å². The van der Waals surface area contributed by atoms with Gasteiger partial charge in [-0.1, -0.05) is 51.1 Å². The van der Waals surface area contributed by atoms with E-state index < -0.39 is 23.2 Å². The molecule has 8 nitrogen and oxygen atoms in total. The highest BCUT2D eigenvalue weighted by Crippen LogP contribution is 2.37. The quantitative estimate of drug-likeness (QED) is 0.246. The summed E-state index contributed by atoms with van der Waals surface area (Å²) >= 11 is 0. The first-order valence-electron chi connectivity index (χ1n) is 10.7. The smallest absolute Gasteiger partial charge is 0.414 e. The van der Waals surface area contributed by atoms with Crippen LogP contribution < -0.4 is 14.1 Å². The molecular formula is C23H30N2O6SSi. The minimum Gasteiger partial charge on any atom is -0.544 e. The van der Waals surface area contributed by atoms with Gasteiger partial charge in [-0.25, -0.2) is 8.42 Å². The van der Waals surface area contributed by atoms with Crippen LogP contribution in [0.5, 0.6) is 11.6 Å². The molecule has 2 aromatic carbocycles. The third kappa shape index (κ3) is 5.74. The van der Waals surface area contributed by atoms with Crippen molar-refractivity contribution in [2.24, 2.45) is 0 Å². The molecule has 1 aromatic heterocycles. The van der Waals surface area contributed by atoms with Crippen molar-refractivity contribution in [3.8, 4) is 11.6 Å². The Morgan fingerprint density at radius 1 is 1.06 bits per heavy atom. The van der Waals surface area contributed by atoms with Crippen LogP contribution in [0, 0.1) is 5.21 Å². The Bertz CT molecular complexity index is 1170. The molecule has 0 aliphatic carbocycles. The summed E-state index contributed by atoms with van der Waals surface area (Å²) in [5.41, 5.74) is 1.09. The van der Waals surface area contributed by atoms with Gasteiger partial charge < -0.3 is 14.4 Å². The number of hydrogen-bond acceptors (Lipinski definition) is 7. The third-order valence-electron chi connectivity index (χ3n) is 5.81. The van der Waals surface area contributed by atoms with Gasteiger partial charge in [0.05, 0.1) is 16.7 Å². The maximum atomic E-state index is 12.8. The Morgan fingerprint density at radius 2 is 1.70 bits per heavy atom. The van der Waals surface area contributed by atoms with Gasteiger partial charge in [-0.15, -0.1) is 0 Å². The lowest BCUT2D eigenvalue weighted by molar-refractivity contribution is -0.832. The molecule has 0 aliphatic heterocycles. The van der Waals surface area contributed by atoms with Gasteiger partial charge >= 0.3 is 10.9 Å². The van der Waals surface area contributed by atoms with Crippen molar-refractivity contribution in [1.29, 1.82) is 0 Å². The number of ether oxygens (including phenoxy) is 1. The zero-order valence-electron chi connectivity index (χ0n) is 19.6. The van der Waals surface area contributed by atoms with Crippen LogP contribution in [0.4, 0.5) is 0 Å². The maximum absolute atomic E-state index is 12.8. The Kier molecular flexibility index (Phi) is 7.18. The number of aromatic nitrogens is 2. The van der Waals surface area contributed by atoms with Crippen molar-refractivity contribution in [2.75, 3.05) is 6.61 Å². The molecule has 10 heteroatoms. The topological polar surface area (TPSA) is 106 Å². The van der Waals surface area contributed by atoms with Crippen molar-refractivity contribution in [1.82, 2.24) is 5.16 Å². The molecule has 3 rings (SSSR count). The second kappa shape index (κ2) is 9.56. The highest BCUT2D eigenvalue weighted by molar-refractivity contribution is 7.91. The number of nitrogens with zero attached hydrogens (tertiary/aromatic N) is 2. The van der Waals surface area contributed by atoms with Crippen molar-refractivity contribution >= 4 is 18.2 Å². The van der Waals surface area contributed by atoms with Gasteiger partial charge in [0.1, 0.15) is 5.75 Å². The van der Waals surface area contributed by atoms with Crippen molar-refractivity contribution in [3.63, 3.8) is 0 Å². The summed E-state index contributed by atoms with van der Waals surface area (Å²) in [5, 5.41) is 14.9. The van der Waals surface area contributed by atoms with Crippen molar-refractivity contribution < 1.29 is 27.1 Å². The van der Waals surface area contributed by atoms with E-state index in [0.29, 0.717) is 12.8 Å². The van der Waals surface area contributed by atoms with Crippen molar-refractivity contribution in [3.05, 3.63) is 65.4 Å². The van der Waals surface area contributed by atoms with Crippen LogP contribution in [-0.4, -0.2) is 28.5 Å². The molecule has 0 atom stereocenters. The van der Waals surface area contributed by atoms with E-state index in [-0.39, 0.29) is 27.3 Å². The third-order valence-corrected chi connectivity index (χ3v) is 11.9. The first kappa shape index (κ1) is 24.8. The highest BCUT2D eigenvalue weighted by Gasteiger charge is 2.39. The summed E-state index contributed by atoms with van der Waals surface area (Å²) < 4.78 is 41.8. The normalized spacial score (nSPS) is 12.5. The van der Waals surface area contributed by atoms with Crippen LogP contribution in [-0.2, 0) is 16.3 Å². The molecule has 0 saturated carbocycles. The monoisotopic (exact) mass is 490 g/mol.